The summed E-state index contributed by atoms with van der Waals surface area (Å²) >= 11 is 1.44. The van der Waals surface area contributed by atoms with Crippen LogP contribution in [-0.2, 0) is 0 Å². The SMILES string of the molecule is Nc1ccsc1-c1nc(-c2cccc(O)c2)no1. The number of hydrogen-bond donors (Lipinski definition) is 2. The van der Waals surface area contributed by atoms with Crippen molar-refractivity contribution in [3.8, 4) is 27.9 Å². The number of hydrogen-bond acceptors (Lipinski definition) is 6. The molecular weight excluding hydrogens is 250 g/mol. The Morgan fingerprint density at radius 2 is 2.17 bits per heavy atom. The molecule has 0 saturated heterocycles. The number of nitrogens with zero attached hydrogens (tertiary/aromatic N) is 2. The molecule has 0 spiro atoms. The minimum atomic E-state index is 0.162. The highest BCUT2D eigenvalue weighted by Gasteiger charge is 2.14. The molecule has 2 heterocycles. The molecule has 0 fully saturated rings. The molecule has 2 aromatic heterocycles. The van der Waals surface area contributed by atoms with Gasteiger partial charge in [0.25, 0.3) is 5.89 Å². The lowest BCUT2D eigenvalue weighted by atomic mass is 10.2. The third-order valence-electron chi connectivity index (χ3n) is 2.42. The van der Waals surface area contributed by atoms with Crippen LogP contribution in [0.4, 0.5) is 5.69 Å². The molecule has 6 heteroatoms. The monoisotopic (exact) mass is 259 g/mol. The van der Waals surface area contributed by atoms with Gasteiger partial charge in [-0.1, -0.05) is 17.3 Å². The minimum Gasteiger partial charge on any atom is -0.508 e. The van der Waals surface area contributed by atoms with Crippen molar-refractivity contribution in [2.75, 3.05) is 5.73 Å². The van der Waals surface area contributed by atoms with E-state index in [0.29, 0.717) is 23.0 Å². The fraction of sp³-hybridized carbons (Fsp3) is 0. The zero-order valence-corrected chi connectivity index (χ0v) is 10.0. The Labute approximate surface area is 107 Å². The second-order valence-corrected chi connectivity index (χ2v) is 4.59. The number of benzene rings is 1. The highest BCUT2D eigenvalue weighted by molar-refractivity contribution is 7.14. The maximum absolute atomic E-state index is 9.41. The highest BCUT2D eigenvalue weighted by atomic mass is 32.1. The third kappa shape index (κ3) is 1.82. The summed E-state index contributed by atoms with van der Waals surface area (Å²) < 4.78 is 5.17. The van der Waals surface area contributed by atoms with E-state index in [4.69, 9.17) is 10.3 Å². The Balaban J connectivity index is 2.02. The molecule has 0 radical (unpaired) electrons. The molecule has 0 aliphatic heterocycles. The zero-order valence-electron chi connectivity index (χ0n) is 9.20. The topological polar surface area (TPSA) is 85.2 Å². The molecule has 5 nitrogen and oxygen atoms in total. The van der Waals surface area contributed by atoms with Crippen molar-refractivity contribution in [2.45, 2.75) is 0 Å². The summed E-state index contributed by atoms with van der Waals surface area (Å²) in [5.41, 5.74) is 7.10. The van der Waals surface area contributed by atoms with Gasteiger partial charge in [0, 0.05) is 5.56 Å². The summed E-state index contributed by atoms with van der Waals surface area (Å²) in [4.78, 5) is 5.02. The van der Waals surface area contributed by atoms with Crippen molar-refractivity contribution in [3.63, 3.8) is 0 Å². The van der Waals surface area contributed by atoms with Gasteiger partial charge in [-0.15, -0.1) is 11.3 Å². The third-order valence-corrected chi connectivity index (χ3v) is 3.34. The van der Waals surface area contributed by atoms with Gasteiger partial charge >= 0.3 is 0 Å². The van der Waals surface area contributed by atoms with E-state index in [9.17, 15) is 5.11 Å². The number of anilines is 1. The number of aromatic nitrogens is 2. The fourth-order valence-electron chi connectivity index (χ4n) is 1.57. The van der Waals surface area contributed by atoms with E-state index >= 15 is 0 Å². The van der Waals surface area contributed by atoms with Crippen LogP contribution in [0.1, 0.15) is 0 Å². The van der Waals surface area contributed by atoms with Crippen LogP contribution >= 0.6 is 11.3 Å². The molecule has 90 valence electrons. The number of aromatic hydroxyl groups is 1. The number of phenols is 1. The molecule has 3 N–H and O–H groups in total. The number of nitrogen functional groups attached to an aromatic ring is 1. The predicted octanol–water partition coefficient (Wildman–Crippen LogP) is 2.75. The largest absolute Gasteiger partial charge is 0.508 e. The van der Waals surface area contributed by atoms with Crippen LogP contribution in [-0.4, -0.2) is 15.2 Å². The first-order chi connectivity index (χ1) is 8.74. The first kappa shape index (κ1) is 10.8. The first-order valence-electron chi connectivity index (χ1n) is 5.20. The van der Waals surface area contributed by atoms with Crippen molar-refractivity contribution < 1.29 is 9.63 Å². The fourth-order valence-corrected chi connectivity index (χ4v) is 2.31. The number of thiophene rings is 1. The van der Waals surface area contributed by atoms with Crippen molar-refractivity contribution in [2.24, 2.45) is 0 Å². The lowest BCUT2D eigenvalue weighted by molar-refractivity contribution is 0.433. The van der Waals surface area contributed by atoms with Crippen LogP contribution in [0.2, 0.25) is 0 Å². The van der Waals surface area contributed by atoms with Crippen LogP contribution in [0.15, 0.2) is 40.2 Å². The summed E-state index contributed by atoms with van der Waals surface area (Å²) in [5.74, 6) is 0.976. The quantitative estimate of drug-likeness (QED) is 0.739. The van der Waals surface area contributed by atoms with Gasteiger partial charge in [-0.25, -0.2) is 0 Å². The summed E-state index contributed by atoms with van der Waals surface area (Å²) in [6.07, 6.45) is 0. The molecule has 0 aliphatic rings. The Kier molecular flexibility index (Phi) is 2.49. The molecule has 18 heavy (non-hydrogen) atoms. The first-order valence-corrected chi connectivity index (χ1v) is 6.08. The molecule has 0 aliphatic carbocycles. The maximum Gasteiger partial charge on any atom is 0.270 e. The van der Waals surface area contributed by atoms with Gasteiger partial charge in [0.2, 0.25) is 5.82 Å². The molecular formula is C12H9N3O2S. The van der Waals surface area contributed by atoms with E-state index < -0.39 is 0 Å². The van der Waals surface area contributed by atoms with E-state index in [-0.39, 0.29) is 5.75 Å². The maximum atomic E-state index is 9.41. The zero-order chi connectivity index (χ0) is 12.5. The Morgan fingerprint density at radius 3 is 2.89 bits per heavy atom. The Hall–Kier alpha value is -2.34. The average molecular weight is 259 g/mol. The molecule has 0 unspecified atom stereocenters. The van der Waals surface area contributed by atoms with Crippen LogP contribution in [0.25, 0.3) is 22.2 Å². The Bertz CT molecular complexity index is 690. The molecule has 0 bridgehead atoms. The van der Waals surface area contributed by atoms with Gasteiger partial charge in [-0.05, 0) is 23.6 Å². The lowest BCUT2D eigenvalue weighted by Crippen LogP contribution is -1.84. The summed E-state index contributed by atoms with van der Waals surface area (Å²) in [5, 5.41) is 15.1. The van der Waals surface area contributed by atoms with Gasteiger partial charge in [-0.2, -0.15) is 4.98 Å². The molecule has 0 amide bonds. The van der Waals surface area contributed by atoms with E-state index in [0.717, 1.165) is 4.88 Å². The van der Waals surface area contributed by atoms with E-state index in [1.54, 1.807) is 30.3 Å². The van der Waals surface area contributed by atoms with Gasteiger partial charge in [-0.3, -0.25) is 0 Å². The molecule has 3 aromatic rings. The van der Waals surface area contributed by atoms with Crippen LogP contribution < -0.4 is 5.73 Å². The van der Waals surface area contributed by atoms with Crippen molar-refractivity contribution in [1.29, 1.82) is 0 Å². The van der Waals surface area contributed by atoms with Crippen LogP contribution in [0, 0.1) is 0 Å². The summed E-state index contributed by atoms with van der Waals surface area (Å²) in [6.45, 7) is 0. The van der Waals surface area contributed by atoms with Crippen molar-refractivity contribution >= 4 is 17.0 Å². The molecule has 3 rings (SSSR count). The summed E-state index contributed by atoms with van der Waals surface area (Å²) in [6, 6.07) is 8.47. The summed E-state index contributed by atoms with van der Waals surface area (Å²) in [7, 11) is 0. The number of rotatable bonds is 2. The Morgan fingerprint density at radius 1 is 1.28 bits per heavy atom. The minimum absolute atomic E-state index is 0.162. The van der Waals surface area contributed by atoms with Gasteiger partial charge in [0.15, 0.2) is 0 Å². The van der Waals surface area contributed by atoms with Gasteiger partial charge in [0.05, 0.1) is 5.69 Å². The van der Waals surface area contributed by atoms with Crippen LogP contribution in [0.5, 0.6) is 5.75 Å². The second kappa shape index (κ2) is 4.15. The van der Waals surface area contributed by atoms with E-state index in [2.05, 4.69) is 10.1 Å². The van der Waals surface area contributed by atoms with Crippen LogP contribution in [0.3, 0.4) is 0 Å². The average Bonchev–Trinajstić information content (AvgIpc) is 2.97. The van der Waals surface area contributed by atoms with Gasteiger partial charge in [0.1, 0.15) is 10.6 Å². The normalized spacial score (nSPS) is 10.7. The van der Waals surface area contributed by atoms with Gasteiger partial charge < -0.3 is 15.4 Å². The molecule has 0 atom stereocenters. The second-order valence-electron chi connectivity index (χ2n) is 3.68. The van der Waals surface area contributed by atoms with Crippen molar-refractivity contribution in [1.82, 2.24) is 10.1 Å². The van der Waals surface area contributed by atoms with E-state index in [1.807, 2.05) is 5.38 Å². The van der Waals surface area contributed by atoms with E-state index in [1.165, 1.54) is 11.3 Å². The highest BCUT2D eigenvalue weighted by Crippen LogP contribution is 2.31. The number of phenolic OH excluding ortho intramolecular Hbond substituents is 1. The van der Waals surface area contributed by atoms with Crippen molar-refractivity contribution in [3.05, 3.63) is 35.7 Å². The standard InChI is InChI=1S/C12H9N3O2S/c13-9-4-5-18-10(9)12-14-11(15-17-12)7-2-1-3-8(16)6-7/h1-6,16H,13H2. The smallest absolute Gasteiger partial charge is 0.270 e. The predicted molar refractivity (Wildman–Crippen MR) is 69.1 cm³/mol. The molecule has 1 aromatic carbocycles. The number of nitrogens with two attached hydrogens (primary N) is 1. The molecule has 0 saturated carbocycles. The lowest BCUT2D eigenvalue weighted by Gasteiger charge is -1.94.